The van der Waals surface area contributed by atoms with Crippen molar-refractivity contribution in [3.05, 3.63) is 29.8 Å². The normalized spacial score (nSPS) is 18.2. The molecule has 19 heavy (non-hydrogen) atoms. The minimum absolute atomic E-state index is 0.0373. The van der Waals surface area contributed by atoms with E-state index < -0.39 is 0 Å². The second kappa shape index (κ2) is 5.97. The Balaban J connectivity index is 2.05. The Bertz CT molecular complexity index is 479. The van der Waals surface area contributed by atoms with Crippen molar-refractivity contribution in [2.24, 2.45) is 10.9 Å². The molecule has 1 aliphatic heterocycles. The average molecular weight is 279 g/mol. The van der Waals surface area contributed by atoms with Crippen LogP contribution in [0.5, 0.6) is 0 Å². The number of likely N-dealkylation sites (N-methyl/N-ethyl adjacent to an activating group) is 1. The fourth-order valence-electron chi connectivity index (χ4n) is 2.10. The molecule has 2 rings (SSSR count). The minimum Gasteiger partial charge on any atom is -0.409 e. The van der Waals surface area contributed by atoms with Crippen molar-refractivity contribution in [3.8, 4) is 0 Å². The van der Waals surface area contributed by atoms with Gasteiger partial charge in [-0.15, -0.1) is 11.8 Å². The molecule has 0 radical (unpaired) electrons. The number of amides is 1. The zero-order valence-electron chi connectivity index (χ0n) is 10.7. The molecule has 0 saturated heterocycles. The predicted molar refractivity (Wildman–Crippen MR) is 75.5 cm³/mol. The molecule has 1 aromatic carbocycles. The maximum atomic E-state index is 12.4. The molecule has 0 saturated carbocycles. The summed E-state index contributed by atoms with van der Waals surface area (Å²) in [5, 5.41) is 11.4. The largest absolute Gasteiger partial charge is 0.409 e. The molecule has 1 heterocycles. The highest BCUT2D eigenvalue weighted by Crippen LogP contribution is 2.37. The van der Waals surface area contributed by atoms with Crippen molar-refractivity contribution in [2.45, 2.75) is 23.5 Å². The molecule has 102 valence electrons. The lowest BCUT2D eigenvalue weighted by Gasteiger charge is -2.22. The van der Waals surface area contributed by atoms with Gasteiger partial charge >= 0.3 is 0 Å². The number of oxime groups is 1. The second-order valence-corrected chi connectivity index (χ2v) is 5.61. The van der Waals surface area contributed by atoms with Crippen molar-refractivity contribution < 1.29 is 10.0 Å². The van der Waals surface area contributed by atoms with E-state index in [4.69, 9.17) is 10.9 Å². The third-order valence-electron chi connectivity index (χ3n) is 3.10. The molecular weight excluding hydrogens is 262 g/mol. The lowest BCUT2D eigenvalue weighted by Crippen LogP contribution is -2.42. The summed E-state index contributed by atoms with van der Waals surface area (Å²) in [4.78, 5) is 15.2. The lowest BCUT2D eigenvalue weighted by atomic mass is 10.1. The van der Waals surface area contributed by atoms with Gasteiger partial charge in [-0.3, -0.25) is 4.79 Å². The molecule has 1 atom stereocenters. The van der Waals surface area contributed by atoms with Crippen LogP contribution in [-0.4, -0.2) is 40.2 Å². The number of benzene rings is 1. The maximum absolute atomic E-state index is 12.4. The summed E-state index contributed by atoms with van der Waals surface area (Å²) in [5.41, 5.74) is 6.68. The van der Waals surface area contributed by atoms with Crippen LogP contribution in [0.15, 0.2) is 34.3 Å². The fraction of sp³-hybridized carbons (Fsp3) is 0.385. The van der Waals surface area contributed by atoms with Crippen LogP contribution >= 0.6 is 11.8 Å². The van der Waals surface area contributed by atoms with Gasteiger partial charge < -0.3 is 15.8 Å². The van der Waals surface area contributed by atoms with Crippen molar-refractivity contribution in [3.63, 3.8) is 0 Å². The highest BCUT2D eigenvalue weighted by molar-refractivity contribution is 8.01. The van der Waals surface area contributed by atoms with Crippen LogP contribution in [-0.2, 0) is 11.2 Å². The van der Waals surface area contributed by atoms with Crippen LogP contribution in [0.25, 0.3) is 0 Å². The fourth-order valence-corrected chi connectivity index (χ4v) is 3.38. The standard InChI is InChI=1S/C13H17N3O2S/c1-2-16(8-12(14)15-18)13(17)11-7-9-5-3-4-6-10(9)19-11/h3-6,11,18H,2,7-8H2,1H3,(H2,14,15). The molecule has 0 aliphatic carbocycles. The van der Waals surface area contributed by atoms with Gasteiger partial charge in [0.05, 0.1) is 11.8 Å². The average Bonchev–Trinajstić information content (AvgIpc) is 2.87. The minimum atomic E-state index is -0.108. The summed E-state index contributed by atoms with van der Waals surface area (Å²) in [7, 11) is 0. The number of amidine groups is 1. The number of rotatable bonds is 4. The molecule has 0 bridgehead atoms. The molecule has 0 aromatic heterocycles. The number of nitrogens with two attached hydrogens (primary N) is 1. The van der Waals surface area contributed by atoms with Crippen LogP contribution < -0.4 is 5.73 Å². The third kappa shape index (κ3) is 3.01. The quantitative estimate of drug-likeness (QED) is 0.377. The first-order valence-corrected chi connectivity index (χ1v) is 7.03. The summed E-state index contributed by atoms with van der Waals surface area (Å²) < 4.78 is 0. The number of thioether (sulfide) groups is 1. The first kappa shape index (κ1) is 13.7. The molecule has 5 nitrogen and oxygen atoms in total. The van der Waals surface area contributed by atoms with E-state index in [0.29, 0.717) is 6.54 Å². The summed E-state index contributed by atoms with van der Waals surface area (Å²) in [6.45, 7) is 2.59. The van der Waals surface area contributed by atoms with E-state index in [-0.39, 0.29) is 23.5 Å². The van der Waals surface area contributed by atoms with Gasteiger partial charge in [-0.05, 0) is 25.0 Å². The highest BCUT2D eigenvalue weighted by Gasteiger charge is 2.31. The molecule has 0 spiro atoms. The molecule has 1 amide bonds. The zero-order chi connectivity index (χ0) is 13.8. The molecule has 0 fully saturated rings. The number of hydrogen-bond acceptors (Lipinski definition) is 4. The molecule has 3 N–H and O–H groups in total. The van der Waals surface area contributed by atoms with Crippen molar-refractivity contribution >= 4 is 23.5 Å². The summed E-state index contributed by atoms with van der Waals surface area (Å²) in [5.74, 6) is 0.0889. The Labute approximate surface area is 116 Å². The van der Waals surface area contributed by atoms with E-state index in [9.17, 15) is 4.79 Å². The van der Waals surface area contributed by atoms with Gasteiger partial charge in [-0.25, -0.2) is 0 Å². The van der Waals surface area contributed by atoms with Gasteiger partial charge in [0.15, 0.2) is 5.84 Å². The first-order valence-electron chi connectivity index (χ1n) is 6.15. The Morgan fingerprint density at radius 1 is 1.58 bits per heavy atom. The van der Waals surface area contributed by atoms with Gasteiger partial charge in [0.2, 0.25) is 5.91 Å². The number of hydrogen-bond donors (Lipinski definition) is 2. The Kier molecular flexibility index (Phi) is 4.31. The highest BCUT2D eigenvalue weighted by atomic mass is 32.2. The van der Waals surface area contributed by atoms with E-state index in [0.717, 1.165) is 6.42 Å². The Hall–Kier alpha value is -1.69. The van der Waals surface area contributed by atoms with Crippen LogP contribution in [0.3, 0.4) is 0 Å². The number of carbonyl (C=O) groups is 1. The molecule has 1 unspecified atom stereocenters. The van der Waals surface area contributed by atoms with Crippen LogP contribution in [0.4, 0.5) is 0 Å². The number of fused-ring (bicyclic) bond motifs is 1. The Morgan fingerprint density at radius 3 is 2.95 bits per heavy atom. The van der Waals surface area contributed by atoms with Crippen molar-refractivity contribution in [1.82, 2.24) is 4.90 Å². The van der Waals surface area contributed by atoms with E-state index in [2.05, 4.69) is 11.2 Å². The molecular formula is C13H17N3O2S. The van der Waals surface area contributed by atoms with Gasteiger partial charge in [-0.1, -0.05) is 23.4 Å². The summed E-state index contributed by atoms with van der Waals surface area (Å²) in [6.07, 6.45) is 0.742. The third-order valence-corrected chi connectivity index (χ3v) is 4.40. The van der Waals surface area contributed by atoms with Gasteiger partial charge in [0, 0.05) is 11.4 Å². The van der Waals surface area contributed by atoms with Gasteiger partial charge in [0.25, 0.3) is 0 Å². The van der Waals surface area contributed by atoms with E-state index in [1.54, 1.807) is 16.7 Å². The van der Waals surface area contributed by atoms with Crippen LogP contribution in [0, 0.1) is 0 Å². The zero-order valence-corrected chi connectivity index (χ0v) is 11.6. The number of nitrogens with zero attached hydrogens (tertiary/aromatic N) is 2. The first-order chi connectivity index (χ1) is 9.15. The molecule has 1 aromatic rings. The SMILES string of the molecule is CCN(CC(N)=NO)C(=O)C1Cc2ccccc2S1. The van der Waals surface area contributed by atoms with Gasteiger partial charge in [0.1, 0.15) is 0 Å². The number of carbonyl (C=O) groups excluding carboxylic acids is 1. The van der Waals surface area contributed by atoms with E-state index >= 15 is 0 Å². The van der Waals surface area contributed by atoms with Crippen molar-refractivity contribution in [1.29, 1.82) is 0 Å². The monoisotopic (exact) mass is 279 g/mol. The lowest BCUT2D eigenvalue weighted by molar-refractivity contribution is -0.129. The van der Waals surface area contributed by atoms with Crippen LogP contribution in [0.1, 0.15) is 12.5 Å². The topological polar surface area (TPSA) is 78.9 Å². The van der Waals surface area contributed by atoms with Gasteiger partial charge in [-0.2, -0.15) is 0 Å². The maximum Gasteiger partial charge on any atom is 0.236 e. The second-order valence-electron chi connectivity index (χ2n) is 4.36. The van der Waals surface area contributed by atoms with Crippen LogP contribution in [0.2, 0.25) is 0 Å². The summed E-state index contributed by atoms with van der Waals surface area (Å²) >= 11 is 1.59. The van der Waals surface area contributed by atoms with Crippen molar-refractivity contribution in [2.75, 3.05) is 13.1 Å². The molecule has 1 aliphatic rings. The summed E-state index contributed by atoms with van der Waals surface area (Å²) in [6, 6.07) is 8.05. The van der Waals surface area contributed by atoms with E-state index in [1.807, 2.05) is 25.1 Å². The smallest absolute Gasteiger partial charge is 0.236 e. The molecule has 6 heteroatoms. The van der Waals surface area contributed by atoms with E-state index in [1.165, 1.54) is 10.5 Å². The Morgan fingerprint density at radius 2 is 2.32 bits per heavy atom. The predicted octanol–water partition coefficient (Wildman–Crippen LogP) is 1.30.